The summed E-state index contributed by atoms with van der Waals surface area (Å²) in [6.45, 7) is 0.882. The Balaban J connectivity index is 1.87. The Morgan fingerprint density at radius 2 is 2.10 bits per heavy atom. The van der Waals surface area contributed by atoms with E-state index in [1.807, 2.05) is 30.3 Å². The molecular formula is C15H20N4O2. The molecule has 0 fully saturated rings. The average molecular weight is 288 g/mol. The van der Waals surface area contributed by atoms with Crippen molar-refractivity contribution in [2.45, 2.75) is 25.9 Å². The summed E-state index contributed by atoms with van der Waals surface area (Å²) >= 11 is 0. The molecule has 0 bridgehead atoms. The molecule has 0 aliphatic heterocycles. The number of rotatable bonds is 7. The number of aromatic nitrogens is 3. The van der Waals surface area contributed by atoms with Gasteiger partial charge in [-0.05, 0) is 18.4 Å². The minimum atomic E-state index is -0.0162. The molecule has 0 saturated carbocycles. The van der Waals surface area contributed by atoms with Crippen LogP contribution in [0, 0.1) is 0 Å². The fourth-order valence-electron chi connectivity index (χ4n) is 2.00. The monoisotopic (exact) mass is 288 g/mol. The van der Waals surface area contributed by atoms with Crippen molar-refractivity contribution in [3.8, 4) is 0 Å². The highest BCUT2D eigenvalue weighted by atomic mass is 16.2. The maximum atomic E-state index is 12.1. The van der Waals surface area contributed by atoms with Crippen LogP contribution in [0.1, 0.15) is 17.7 Å². The normalized spacial score (nSPS) is 10.6. The number of hydrogen-bond donors (Lipinski definition) is 1. The van der Waals surface area contributed by atoms with E-state index >= 15 is 0 Å². The van der Waals surface area contributed by atoms with E-state index in [1.165, 1.54) is 4.68 Å². The van der Waals surface area contributed by atoms with E-state index < -0.39 is 0 Å². The van der Waals surface area contributed by atoms with E-state index in [1.54, 1.807) is 18.1 Å². The number of likely N-dealkylation sites (N-methyl/N-ethyl adjacent to an activating group) is 1. The van der Waals surface area contributed by atoms with Crippen molar-refractivity contribution in [3.63, 3.8) is 0 Å². The first-order valence-corrected chi connectivity index (χ1v) is 6.97. The van der Waals surface area contributed by atoms with Gasteiger partial charge in [0.05, 0.1) is 5.69 Å². The number of nitrogens with zero attached hydrogens (tertiary/aromatic N) is 4. The third-order valence-electron chi connectivity index (χ3n) is 3.16. The standard InChI is InChI=1S/C15H20N4O2/c1-18(10-13-6-3-2-4-7-13)15(21)12-19-11-14(16-17-19)8-5-9-20/h2-4,6-7,11,20H,5,8-10,12H2,1H3. The molecule has 112 valence electrons. The molecule has 6 heteroatoms. The predicted molar refractivity (Wildman–Crippen MR) is 78.3 cm³/mol. The van der Waals surface area contributed by atoms with Gasteiger partial charge in [0.15, 0.2) is 0 Å². The van der Waals surface area contributed by atoms with Crippen LogP contribution in [0.15, 0.2) is 36.5 Å². The Hall–Kier alpha value is -2.21. The highest BCUT2D eigenvalue weighted by Crippen LogP contribution is 2.04. The lowest BCUT2D eigenvalue weighted by molar-refractivity contribution is -0.131. The second-order valence-electron chi connectivity index (χ2n) is 4.97. The quantitative estimate of drug-likeness (QED) is 0.820. The van der Waals surface area contributed by atoms with Crippen molar-refractivity contribution in [1.82, 2.24) is 19.9 Å². The first kappa shape index (κ1) is 15.2. The maximum Gasteiger partial charge on any atom is 0.244 e. The van der Waals surface area contributed by atoms with Crippen LogP contribution < -0.4 is 0 Å². The lowest BCUT2D eigenvalue weighted by Gasteiger charge is -2.17. The molecule has 0 unspecified atom stereocenters. The van der Waals surface area contributed by atoms with Gasteiger partial charge in [0.25, 0.3) is 0 Å². The molecule has 6 nitrogen and oxygen atoms in total. The number of aliphatic hydroxyl groups excluding tert-OH is 1. The van der Waals surface area contributed by atoms with E-state index in [9.17, 15) is 4.79 Å². The van der Waals surface area contributed by atoms with Crippen LogP contribution >= 0.6 is 0 Å². The lowest BCUT2D eigenvalue weighted by atomic mass is 10.2. The zero-order chi connectivity index (χ0) is 15.1. The molecule has 1 aromatic carbocycles. The van der Waals surface area contributed by atoms with Gasteiger partial charge in [-0.15, -0.1) is 5.10 Å². The molecule has 21 heavy (non-hydrogen) atoms. The van der Waals surface area contributed by atoms with Crippen LogP contribution in [-0.2, 0) is 24.3 Å². The Labute approximate surface area is 124 Å². The first-order chi connectivity index (χ1) is 10.2. The second kappa shape index (κ2) is 7.54. The zero-order valence-electron chi connectivity index (χ0n) is 12.1. The molecule has 0 spiro atoms. The van der Waals surface area contributed by atoms with E-state index in [0.717, 1.165) is 11.3 Å². The van der Waals surface area contributed by atoms with Gasteiger partial charge in [0.2, 0.25) is 5.91 Å². The van der Waals surface area contributed by atoms with E-state index in [2.05, 4.69) is 10.3 Å². The van der Waals surface area contributed by atoms with Gasteiger partial charge in [-0.2, -0.15) is 0 Å². The molecule has 0 atom stereocenters. The summed E-state index contributed by atoms with van der Waals surface area (Å²) in [5, 5.41) is 16.7. The van der Waals surface area contributed by atoms with E-state index in [0.29, 0.717) is 19.4 Å². The van der Waals surface area contributed by atoms with Crippen molar-refractivity contribution in [2.24, 2.45) is 0 Å². The summed E-state index contributed by atoms with van der Waals surface area (Å²) in [6.07, 6.45) is 3.08. The fourth-order valence-corrected chi connectivity index (χ4v) is 2.00. The molecule has 1 N–H and O–H groups in total. The van der Waals surface area contributed by atoms with Crippen molar-refractivity contribution >= 4 is 5.91 Å². The molecule has 0 radical (unpaired) electrons. The van der Waals surface area contributed by atoms with Crippen molar-refractivity contribution in [1.29, 1.82) is 0 Å². The summed E-state index contributed by atoms with van der Waals surface area (Å²) in [7, 11) is 1.78. The summed E-state index contributed by atoms with van der Waals surface area (Å²) in [6, 6.07) is 9.85. The van der Waals surface area contributed by atoms with Crippen LogP contribution in [0.25, 0.3) is 0 Å². The van der Waals surface area contributed by atoms with Crippen molar-refractivity contribution in [3.05, 3.63) is 47.8 Å². The highest BCUT2D eigenvalue weighted by Gasteiger charge is 2.11. The smallest absolute Gasteiger partial charge is 0.244 e. The third kappa shape index (κ3) is 4.68. The average Bonchev–Trinajstić information content (AvgIpc) is 2.93. The molecular weight excluding hydrogens is 268 g/mol. The molecule has 2 rings (SSSR count). The van der Waals surface area contributed by atoms with Gasteiger partial charge >= 0.3 is 0 Å². The summed E-state index contributed by atoms with van der Waals surface area (Å²) in [5.74, 6) is -0.0162. The van der Waals surface area contributed by atoms with Gasteiger partial charge < -0.3 is 10.0 Å². The Morgan fingerprint density at radius 3 is 2.81 bits per heavy atom. The lowest BCUT2D eigenvalue weighted by Crippen LogP contribution is -2.29. The second-order valence-corrected chi connectivity index (χ2v) is 4.97. The van der Waals surface area contributed by atoms with Crippen LogP contribution in [0.3, 0.4) is 0 Å². The molecule has 0 aliphatic rings. The maximum absolute atomic E-state index is 12.1. The SMILES string of the molecule is CN(Cc1ccccc1)C(=O)Cn1cc(CCCO)nn1. The predicted octanol–water partition coefficient (Wildman–Crippen LogP) is 0.862. The molecule has 1 aromatic heterocycles. The van der Waals surface area contributed by atoms with Crippen LogP contribution in [0.4, 0.5) is 0 Å². The number of carbonyl (C=O) groups is 1. The Bertz CT molecular complexity index is 568. The number of hydrogen-bond acceptors (Lipinski definition) is 4. The summed E-state index contributed by atoms with van der Waals surface area (Å²) in [5.41, 5.74) is 1.89. The van der Waals surface area contributed by atoms with Crippen molar-refractivity contribution in [2.75, 3.05) is 13.7 Å². The number of aryl methyl sites for hydroxylation is 1. The van der Waals surface area contributed by atoms with Gasteiger partial charge in [-0.1, -0.05) is 35.5 Å². The Morgan fingerprint density at radius 1 is 1.33 bits per heavy atom. The van der Waals surface area contributed by atoms with Crippen LogP contribution in [0.5, 0.6) is 0 Å². The van der Waals surface area contributed by atoms with Gasteiger partial charge in [-0.3, -0.25) is 4.79 Å². The summed E-state index contributed by atoms with van der Waals surface area (Å²) < 4.78 is 1.54. The van der Waals surface area contributed by atoms with E-state index in [-0.39, 0.29) is 19.1 Å². The highest BCUT2D eigenvalue weighted by molar-refractivity contribution is 5.75. The largest absolute Gasteiger partial charge is 0.396 e. The van der Waals surface area contributed by atoms with Crippen LogP contribution in [0.2, 0.25) is 0 Å². The topological polar surface area (TPSA) is 71.2 Å². The van der Waals surface area contributed by atoms with Gasteiger partial charge in [0.1, 0.15) is 6.54 Å². The van der Waals surface area contributed by atoms with Gasteiger partial charge in [-0.25, -0.2) is 4.68 Å². The molecule has 0 aliphatic carbocycles. The number of amides is 1. The van der Waals surface area contributed by atoms with E-state index in [4.69, 9.17) is 5.11 Å². The van der Waals surface area contributed by atoms with Crippen LogP contribution in [-0.4, -0.2) is 44.6 Å². The minimum absolute atomic E-state index is 0.0162. The first-order valence-electron chi connectivity index (χ1n) is 6.97. The Kier molecular flexibility index (Phi) is 5.45. The molecule has 1 amide bonds. The number of carbonyl (C=O) groups excluding carboxylic acids is 1. The molecule has 2 aromatic rings. The molecule has 1 heterocycles. The minimum Gasteiger partial charge on any atom is -0.396 e. The third-order valence-corrected chi connectivity index (χ3v) is 3.16. The zero-order valence-corrected chi connectivity index (χ0v) is 12.1. The van der Waals surface area contributed by atoms with Crippen molar-refractivity contribution < 1.29 is 9.90 Å². The van der Waals surface area contributed by atoms with Gasteiger partial charge in [0, 0.05) is 26.4 Å². The number of benzene rings is 1. The molecule has 0 saturated heterocycles. The summed E-state index contributed by atoms with van der Waals surface area (Å²) in [4.78, 5) is 13.8. The fraction of sp³-hybridized carbons (Fsp3) is 0.400. The number of aliphatic hydroxyl groups is 1.